The first-order valence-corrected chi connectivity index (χ1v) is 5.89. The molecule has 1 spiro atoms. The van der Waals surface area contributed by atoms with Crippen LogP contribution >= 0.6 is 22.6 Å². The Bertz CT molecular complexity index is 144. The minimum absolute atomic E-state index is 0.638. The Balaban J connectivity index is 1.94. The molecule has 0 N–H and O–H groups in total. The molecule has 0 nitrogen and oxygen atoms in total. The zero-order valence-electron chi connectivity index (χ0n) is 7.33. The van der Waals surface area contributed by atoms with Crippen molar-refractivity contribution in [2.24, 2.45) is 5.41 Å². The molecule has 11 heavy (non-hydrogen) atoms. The highest BCUT2D eigenvalue weighted by Gasteiger charge is 2.42. The quantitative estimate of drug-likeness (QED) is 0.459. The summed E-state index contributed by atoms with van der Waals surface area (Å²) in [5, 5.41) is 0. The van der Waals surface area contributed by atoms with Crippen molar-refractivity contribution < 1.29 is 0 Å². The molecule has 0 aromatic heterocycles. The summed E-state index contributed by atoms with van der Waals surface area (Å²) in [6.45, 7) is 2.42. The summed E-state index contributed by atoms with van der Waals surface area (Å²) in [6.07, 6.45) is 10.6. The van der Waals surface area contributed by atoms with Crippen LogP contribution in [0.5, 0.6) is 0 Å². The summed E-state index contributed by atoms with van der Waals surface area (Å²) in [5.41, 5.74) is 0.852. The molecule has 2 aliphatic rings. The molecule has 0 saturated heterocycles. The third-order valence-corrected chi connectivity index (χ3v) is 4.85. The van der Waals surface area contributed by atoms with Crippen molar-refractivity contribution in [3.8, 4) is 0 Å². The van der Waals surface area contributed by atoms with Crippen LogP contribution in [-0.2, 0) is 0 Å². The molecule has 0 heterocycles. The van der Waals surface area contributed by atoms with Gasteiger partial charge < -0.3 is 0 Å². The van der Waals surface area contributed by atoms with Crippen LogP contribution in [0.1, 0.15) is 51.9 Å². The molecule has 0 radical (unpaired) electrons. The molecule has 1 heteroatoms. The van der Waals surface area contributed by atoms with E-state index in [9.17, 15) is 0 Å². The fourth-order valence-electron chi connectivity index (χ4n) is 2.48. The third kappa shape index (κ3) is 1.58. The van der Waals surface area contributed by atoms with Gasteiger partial charge in [0.2, 0.25) is 0 Å². The molecule has 2 saturated carbocycles. The molecule has 0 aromatic carbocycles. The summed E-state index contributed by atoms with van der Waals surface area (Å²) in [7, 11) is 0. The van der Waals surface area contributed by atoms with E-state index in [4.69, 9.17) is 0 Å². The number of hydrogen-bond donors (Lipinski definition) is 0. The molecular formula is C10H17I. The Kier molecular flexibility index (Phi) is 1.98. The van der Waals surface area contributed by atoms with Crippen LogP contribution in [0.4, 0.5) is 0 Å². The number of halogens is 1. The van der Waals surface area contributed by atoms with Gasteiger partial charge in [0.15, 0.2) is 0 Å². The van der Waals surface area contributed by atoms with E-state index in [-0.39, 0.29) is 0 Å². The van der Waals surface area contributed by atoms with Gasteiger partial charge >= 0.3 is 0 Å². The maximum absolute atomic E-state index is 2.65. The van der Waals surface area contributed by atoms with Crippen molar-refractivity contribution in [2.75, 3.05) is 0 Å². The number of alkyl halides is 1. The SMILES string of the molecule is CC1(I)CCC2(CCC2)CC1. The summed E-state index contributed by atoms with van der Waals surface area (Å²) in [4.78, 5) is 0. The molecule has 2 rings (SSSR count). The average Bonchev–Trinajstić information content (AvgIpc) is 1.84. The first-order valence-electron chi connectivity index (χ1n) is 4.81. The Morgan fingerprint density at radius 2 is 1.45 bits per heavy atom. The maximum atomic E-state index is 2.65. The smallest absolute Gasteiger partial charge is 0.0194 e. The van der Waals surface area contributed by atoms with Gasteiger partial charge in [-0.3, -0.25) is 0 Å². The van der Waals surface area contributed by atoms with Crippen molar-refractivity contribution in [1.29, 1.82) is 0 Å². The normalized spacial score (nSPS) is 33.3. The lowest BCUT2D eigenvalue weighted by atomic mass is 9.59. The highest BCUT2D eigenvalue weighted by Crippen LogP contribution is 2.55. The molecule has 0 aliphatic heterocycles. The van der Waals surface area contributed by atoms with E-state index in [0.29, 0.717) is 3.42 Å². The van der Waals surface area contributed by atoms with Gasteiger partial charge in [-0.1, -0.05) is 35.9 Å². The van der Waals surface area contributed by atoms with Gasteiger partial charge in [-0.25, -0.2) is 0 Å². The first kappa shape index (κ1) is 8.33. The van der Waals surface area contributed by atoms with E-state index < -0.39 is 0 Å². The van der Waals surface area contributed by atoms with Crippen LogP contribution in [0.15, 0.2) is 0 Å². The Morgan fingerprint density at radius 1 is 0.909 bits per heavy atom. The molecule has 2 fully saturated rings. The van der Waals surface area contributed by atoms with Gasteiger partial charge in [0.25, 0.3) is 0 Å². The summed E-state index contributed by atoms with van der Waals surface area (Å²) >= 11 is 2.65. The minimum atomic E-state index is 0.638. The van der Waals surface area contributed by atoms with E-state index >= 15 is 0 Å². The van der Waals surface area contributed by atoms with E-state index in [1.54, 1.807) is 12.8 Å². The lowest BCUT2D eigenvalue weighted by molar-refractivity contribution is 0.0693. The van der Waals surface area contributed by atoms with Crippen molar-refractivity contribution in [1.82, 2.24) is 0 Å². The monoisotopic (exact) mass is 264 g/mol. The molecule has 0 aromatic rings. The second kappa shape index (κ2) is 2.61. The predicted octanol–water partition coefficient (Wildman–Crippen LogP) is 3.92. The second-order valence-electron chi connectivity index (χ2n) is 4.77. The molecule has 0 bridgehead atoms. The Labute approximate surface area is 83.3 Å². The van der Waals surface area contributed by atoms with E-state index in [2.05, 4.69) is 29.5 Å². The van der Waals surface area contributed by atoms with Gasteiger partial charge in [-0.15, -0.1) is 0 Å². The van der Waals surface area contributed by atoms with Crippen LogP contribution < -0.4 is 0 Å². The van der Waals surface area contributed by atoms with Gasteiger partial charge in [-0.2, -0.15) is 0 Å². The van der Waals surface area contributed by atoms with Gasteiger partial charge in [0, 0.05) is 3.42 Å². The van der Waals surface area contributed by atoms with Crippen LogP contribution in [0.3, 0.4) is 0 Å². The fraction of sp³-hybridized carbons (Fsp3) is 1.00. The summed E-state index contributed by atoms with van der Waals surface area (Å²) in [5.74, 6) is 0. The zero-order valence-corrected chi connectivity index (χ0v) is 9.49. The van der Waals surface area contributed by atoms with Gasteiger partial charge in [0.1, 0.15) is 0 Å². The van der Waals surface area contributed by atoms with Crippen molar-refractivity contribution >= 4 is 22.6 Å². The molecule has 0 unspecified atom stereocenters. The fourth-order valence-corrected chi connectivity index (χ4v) is 3.02. The van der Waals surface area contributed by atoms with Gasteiger partial charge in [-0.05, 0) is 43.9 Å². The van der Waals surface area contributed by atoms with E-state index in [0.717, 1.165) is 5.41 Å². The third-order valence-electron chi connectivity index (χ3n) is 3.77. The predicted molar refractivity (Wildman–Crippen MR) is 57.2 cm³/mol. The molecule has 2 aliphatic carbocycles. The highest BCUT2D eigenvalue weighted by atomic mass is 127. The van der Waals surface area contributed by atoms with Crippen LogP contribution in [0.2, 0.25) is 0 Å². The Hall–Kier alpha value is 0.730. The molecule has 0 atom stereocenters. The van der Waals surface area contributed by atoms with E-state index in [1.165, 1.54) is 32.1 Å². The topological polar surface area (TPSA) is 0 Å². The first-order chi connectivity index (χ1) is 5.12. The average molecular weight is 264 g/mol. The number of rotatable bonds is 0. The standard InChI is InChI=1S/C10H17I/c1-9(11)5-7-10(8-6-9)3-2-4-10/h2-8H2,1H3. The largest absolute Gasteiger partial charge is 0.0792 e. The summed E-state index contributed by atoms with van der Waals surface area (Å²) < 4.78 is 0.638. The Morgan fingerprint density at radius 3 is 1.82 bits per heavy atom. The van der Waals surface area contributed by atoms with Crippen molar-refractivity contribution in [3.63, 3.8) is 0 Å². The summed E-state index contributed by atoms with van der Waals surface area (Å²) in [6, 6.07) is 0. The van der Waals surface area contributed by atoms with Crippen LogP contribution in [-0.4, -0.2) is 3.42 Å². The highest BCUT2D eigenvalue weighted by molar-refractivity contribution is 14.1. The molecular weight excluding hydrogens is 247 g/mol. The lowest BCUT2D eigenvalue weighted by Gasteiger charge is -2.48. The van der Waals surface area contributed by atoms with Crippen molar-refractivity contribution in [2.45, 2.75) is 55.3 Å². The van der Waals surface area contributed by atoms with E-state index in [1.807, 2.05) is 0 Å². The zero-order chi connectivity index (χ0) is 7.95. The lowest BCUT2D eigenvalue weighted by Crippen LogP contribution is -2.37. The van der Waals surface area contributed by atoms with Crippen LogP contribution in [0.25, 0.3) is 0 Å². The van der Waals surface area contributed by atoms with Crippen molar-refractivity contribution in [3.05, 3.63) is 0 Å². The minimum Gasteiger partial charge on any atom is -0.0792 e. The van der Waals surface area contributed by atoms with Gasteiger partial charge in [0.05, 0.1) is 0 Å². The number of hydrogen-bond acceptors (Lipinski definition) is 0. The molecule has 0 amide bonds. The van der Waals surface area contributed by atoms with Crippen LogP contribution in [0, 0.1) is 5.41 Å². The second-order valence-corrected chi connectivity index (χ2v) is 7.37. The maximum Gasteiger partial charge on any atom is 0.0194 e. The molecule has 64 valence electrons.